The fourth-order valence-electron chi connectivity index (χ4n) is 3.19. The van der Waals surface area contributed by atoms with Gasteiger partial charge in [0.2, 0.25) is 5.88 Å². The minimum Gasteiger partial charge on any atom is -0.481 e. The van der Waals surface area contributed by atoms with Gasteiger partial charge in [-0.2, -0.15) is 0 Å². The van der Waals surface area contributed by atoms with E-state index in [4.69, 9.17) is 9.47 Å². The molecule has 6 nitrogen and oxygen atoms in total. The Morgan fingerprint density at radius 2 is 2.12 bits per heavy atom. The SMILES string of the molecule is COc1cc(C(=O)N2CCOC(CO)(Cc3ccc(C)cc3)C2)ccn1. The molecule has 1 aliphatic heterocycles. The van der Waals surface area contributed by atoms with Gasteiger partial charge in [0.15, 0.2) is 0 Å². The Labute approximate surface area is 153 Å². The largest absolute Gasteiger partial charge is 0.481 e. The lowest BCUT2D eigenvalue weighted by molar-refractivity contribution is -0.123. The van der Waals surface area contributed by atoms with Crippen molar-refractivity contribution in [2.45, 2.75) is 18.9 Å². The molecule has 138 valence electrons. The maximum absolute atomic E-state index is 12.9. The summed E-state index contributed by atoms with van der Waals surface area (Å²) in [5.74, 6) is 0.285. The number of amides is 1. The van der Waals surface area contributed by atoms with Crippen LogP contribution in [0.1, 0.15) is 21.5 Å². The monoisotopic (exact) mass is 356 g/mol. The second kappa shape index (κ2) is 7.85. The van der Waals surface area contributed by atoms with E-state index >= 15 is 0 Å². The maximum atomic E-state index is 12.9. The van der Waals surface area contributed by atoms with Crippen molar-refractivity contribution in [1.29, 1.82) is 0 Å². The number of ether oxygens (including phenoxy) is 2. The number of hydrogen-bond donors (Lipinski definition) is 1. The molecule has 1 fully saturated rings. The van der Waals surface area contributed by atoms with Gasteiger partial charge in [-0.25, -0.2) is 4.98 Å². The molecule has 1 N–H and O–H groups in total. The van der Waals surface area contributed by atoms with E-state index in [1.54, 1.807) is 23.2 Å². The first-order valence-electron chi connectivity index (χ1n) is 8.65. The molecule has 1 aliphatic rings. The topological polar surface area (TPSA) is 71.9 Å². The highest BCUT2D eigenvalue weighted by Gasteiger charge is 2.38. The van der Waals surface area contributed by atoms with Crippen molar-refractivity contribution >= 4 is 5.91 Å². The predicted molar refractivity (Wildman–Crippen MR) is 97.3 cm³/mol. The molecule has 1 aromatic heterocycles. The zero-order valence-corrected chi connectivity index (χ0v) is 15.1. The van der Waals surface area contributed by atoms with Crippen LogP contribution in [0.25, 0.3) is 0 Å². The summed E-state index contributed by atoms with van der Waals surface area (Å²) in [4.78, 5) is 18.6. The van der Waals surface area contributed by atoms with E-state index in [2.05, 4.69) is 4.98 Å². The molecule has 1 amide bonds. The van der Waals surface area contributed by atoms with Gasteiger partial charge >= 0.3 is 0 Å². The molecule has 26 heavy (non-hydrogen) atoms. The summed E-state index contributed by atoms with van der Waals surface area (Å²) in [6.07, 6.45) is 2.10. The van der Waals surface area contributed by atoms with Gasteiger partial charge in [-0.15, -0.1) is 0 Å². The first-order valence-corrected chi connectivity index (χ1v) is 8.65. The second-order valence-electron chi connectivity index (χ2n) is 6.67. The number of hydrogen-bond acceptors (Lipinski definition) is 5. The standard InChI is InChI=1S/C20H24N2O4/c1-15-3-5-16(6-4-15)12-20(14-23)13-22(9-10-26-20)19(24)17-7-8-21-18(11-17)25-2/h3-8,11,23H,9-10,12-14H2,1-2H3. The van der Waals surface area contributed by atoms with Crippen molar-refractivity contribution in [3.05, 3.63) is 59.3 Å². The highest BCUT2D eigenvalue weighted by atomic mass is 16.5. The van der Waals surface area contributed by atoms with Crippen LogP contribution in [0.5, 0.6) is 5.88 Å². The van der Waals surface area contributed by atoms with E-state index in [9.17, 15) is 9.90 Å². The minimum absolute atomic E-state index is 0.115. The predicted octanol–water partition coefficient (Wildman–Crippen LogP) is 1.84. The van der Waals surface area contributed by atoms with Crippen LogP contribution in [0, 0.1) is 6.92 Å². The summed E-state index contributed by atoms with van der Waals surface area (Å²) >= 11 is 0. The summed E-state index contributed by atoms with van der Waals surface area (Å²) in [5.41, 5.74) is 1.98. The summed E-state index contributed by atoms with van der Waals surface area (Å²) in [6, 6.07) is 11.4. The van der Waals surface area contributed by atoms with Gasteiger partial charge in [-0.05, 0) is 18.6 Å². The van der Waals surface area contributed by atoms with E-state index in [-0.39, 0.29) is 12.5 Å². The normalized spacial score (nSPS) is 20.0. The van der Waals surface area contributed by atoms with Crippen molar-refractivity contribution < 1.29 is 19.4 Å². The van der Waals surface area contributed by atoms with Crippen LogP contribution < -0.4 is 4.74 Å². The molecule has 2 aromatic rings. The Balaban J connectivity index is 1.77. The van der Waals surface area contributed by atoms with Gasteiger partial charge in [-0.3, -0.25) is 4.79 Å². The summed E-state index contributed by atoms with van der Waals surface area (Å²) in [7, 11) is 1.52. The zero-order chi connectivity index (χ0) is 18.6. The van der Waals surface area contributed by atoms with E-state index in [1.807, 2.05) is 31.2 Å². The zero-order valence-electron chi connectivity index (χ0n) is 15.1. The van der Waals surface area contributed by atoms with Gasteiger partial charge in [-0.1, -0.05) is 29.8 Å². The van der Waals surface area contributed by atoms with E-state index in [0.29, 0.717) is 37.6 Å². The molecule has 0 saturated carbocycles. The smallest absolute Gasteiger partial charge is 0.254 e. The highest BCUT2D eigenvalue weighted by molar-refractivity contribution is 5.94. The van der Waals surface area contributed by atoms with Crippen LogP contribution in [0.15, 0.2) is 42.6 Å². The van der Waals surface area contributed by atoms with Crippen molar-refractivity contribution in [3.8, 4) is 5.88 Å². The highest BCUT2D eigenvalue weighted by Crippen LogP contribution is 2.25. The van der Waals surface area contributed by atoms with Gasteiger partial charge in [0, 0.05) is 30.8 Å². The summed E-state index contributed by atoms with van der Waals surface area (Å²) in [6.45, 7) is 3.09. The van der Waals surface area contributed by atoms with Crippen molar-refractivity contribution in [1.82, 2.24) is 9.88 Å². The Bertz CT molecular complexity index is 763. The van der Waals surface area contributed by atoms with E-state index in [0.717, 1.165) is 5.56 Å². The van der Waals surface area contributed by atoms with Gasteiger partial charge in [0.05, 0.1) is 26.9 Å². The number of rotatable bonds is 5. The lowest BCUT2D eigenvalue weighted by atomic mass is 9.92. The molecule has 1 aromatic carbocycles. The first kappa shape index (κ1) is 18.4. The first-order chi connectivity index (χ1) is 12.5. The van der Waals surface area contributed by atoms with Crippen LogP contribution in [0.3, 0.4) is 0 Å². The molecule has 2 heterocycles. The quantitative estimate of drug-likeness (QED) is 0.885. The number of nitrogens with zero attached hydrogens (tertiary/aromatic N) is 2. The summed E-state index contributed by atoms with van der Waals surface area (Å²) < 4.78 is 11.0. The lowest BCUT2D eigenvalue weighted by Crippen LogP contribution is -2.56. The maximum Gasteiger partial charge on any atom is 0.254 e. The van der Waals surface area contributed by atoms with Crippen molar-refractivity contribution in [2.24, 2.45) is 0 Å². The average molecular weight is 356 g/mol. The number of benzene rings is 1. The Morgan fingerprint density at radius 3 is 2.81 bits per heavy atom. The summed E-state index contributed by atoms with van der Waals surface area (Å²) in [5, 5.41) is 10.0. The number of pyridine rings is 1. The number of aryl methyl sites for hydroxylation is 1. The fraction of sp³-hybridized carbons (Fsp3) is 0.400. The lowest BCUT2D eigenvalue weighted by Gasteiger charge is -2.42. The number of aromatic nitrogens is 1. The molecule has 0 bridgehead atoms. The molecule has 0 aliphatic carbocycles. The van der Waals surface area contributed by atoms with E-state index < -0.39 is 5.60 Å². The van der Waals surface area contributed by atoms with E-state index in [1.165, 1.54) is 12.7 Å². The van der Waals surface area contributed by atoms with Gasteiger partial charge in [0.25, 0.3) is 5.91 Å². The molecule has 3 rings (SSSR count). The third-order valence-corrected chi connectivity index (χ3v) is 4.66. The van der Waals surface area contributed by atoms with Crippen LogP contribution in [0.2, 0.25) is 0 Å². The number of carbonyl (C=O) groups excluding carboxylic acids is 1. The Kier molecular flexibility index (Phi) is 5.54. The van der Waals surface area contributed by atoms with Gasteiger partial charge in [0.1, 0.15) is 5.60 Å². The number of morpholine rings is 1. The van der Waals surface area contributed by atoms with Crippen LogP contribution in [-0.4, -0.2) is 59.9 Å². The molecule has 1 unspecified atom stereocenters. The number of methoxy groups -OCH3 is 1. The van der Waals surface area contributed by atoms with Crippen molar-refractivity contribution in [2.75, 3.05) is 33.4 Å². The second-order valence-corrected chi connectivity index (χ2v) is 6.67. The average Bonchev–Trinajstić information content (AvgIpc) is 2.69. The molecular formula is C20H24N2O4. The number of aliphatic hydroxyl groups is 1. The van der Waals surface area contributed by atoms with Gasteiger partial charge < -0.3 is 19.5 Å². The molecular weight excluding hydrogens is 332 g/mol. The molecule has 0 radical (unpaired) electrons. The number of aliphatic hydroxyl groups excluding tert-OH is 1. The minimum atomic E-state index is -0.791. The molecule has 1 atom stereocenters. The van der Waals surface area contributed by atoms with Crippen LogP contribution >= 0.6 is 0 Å². The third-order valence-electron chi connectivity index (χ3n) is 4.66. The van der Waals surface area contributed by atoms with Crippen LogP contribution in [-0.2, 0) is 11.2 Å². The fourth-order valence-corrected chi connectivity index (χ4v) is 3.19. The molecule has 1 saturated heterocycles. The Hall–Kier alpha value is -2.44. The third kappa shape index (κ3) is 4.03. The van der Waals surface area contributed by atoms with Crippen molar-refractivity contribution in [3.63, 3.8) is 0 Å². The Morgan fingerprint density at radius 1 is 1.35 bits per heavy atom. The molecule has 0 spiro atoms. The number of carbonyl (C=O) groups is 1. The van der Waals surface area contributed by atoms with Crippen LogP contribution in [0.4, 0.5) is 0 Å². The molecule has 6 heteroatoms.